The molecular formula is C19H27FN6OS2. The largest absolute Gasteiger partial charge is 0.330 e. The number of likely N-dealkylation sites (tertiary alicyclic amines) is 1. The first-order valence-electron chi connectivity index (χ1n) is 9.94. The summed E-state index contributed by atoms with van der Waals surface area (Å²) in [6.45, 7) is 3.92. The Balaban J connectivity index is 1.45. The second kappa shape index (κ2) is 8.53. The fourth-order valence-electron chi connectivity index (χ4n) is 4.04. The molecule has 2 aromatic heterocycles. The lowest BCUT2D eigenvalue weighted by Gasteiger charge is -2.36. The molecule has 0 bridgehead atoms. The molecule has 2 aliphatic rings. The van der Waals surface area contributed by atoms with Gasteiger partial charge in [-0.3, -0.25) is 9.03 Å². The van der Waals surface area contributed by atoms with E-state index in [4.69, 9.17) is 0 Å². The summed E-state index contributed by atoms with van der Waals surface area (Å²) in [5, 5.41) is 7.05. The van der Waals surface area contributed by atoms with Crippen molar-refractivity contribution in [2.24, 2.45) is 7.05 Å². The van der Waals surface area contributed by atoms with E-state index in [-0.39, 0.29) is 12.1 Å². The van der Waals surface area contributed by atoms with Crippen LogP contribution < -0.4 is 14.3 Å². The highest BCUT2D eigenvalue weighted by atomic mass is 32.2. The quantitative estimate of drug-likeness (QED) is 0.697. The summed E-state index contributed by atoms with van der Waals surface area (Å²) in [6.07, 6.45) is 6.59. The zero-order valence-electron chi connectivity index (χ0n) is 17.0. The highest BCUT2D eigenvalue weighted by Crippen LogP contribution is 2.39. The van der Waals surface area contributed by atoms with E-state index >= 15 is 0 Å². The molecule has 0 spiro atoms. The second-order valence-electron chi connectivity index (χ2n) is 7.74. The van der Waals surface area contributed by atoms with E-state index < -0.39 is 5.95 Å². The number of aryl methyl sites for hydroxylation is 3. The number of rotatable bonds is 5. The number of anilines is 2. The van der Waals surface area contributed by atoms with Gasteiger partial charge in [0.2, 0.25) is 5.95 Å². The molecule has 0 unspecified atom stereocenters. The van der Waals surface area contributed by atoms with Gasteiger partial charge in [0.25, 0.3) is 0 Å². The third kappa shape index (κ3) is 4.24. The van der Waals surface area contributed by atoms with Crippen LogP contribution in [0.15, 0.2) is 6.20 Å². The van der Waals surface area contributed by atoms with Gasteiger partial charge in [0.05, 0.1) is 24.0 Å². The number of urea groups is 1. The van der Waals surface area contributed by atoms with Crippen LogP contribution in [0.1, 0.15) is 34.6 Å². The smallest absolute Gasteiger partial charge is 0.306 e. The van der Waals surface area contributed by atoms with Crippen molar-refractivity contribution < 1.29 is 9.18 Å². The van der Waals surface area contributed by atoms with Crippen LogP contribution in [0.4, 0.5) is 20.6 Å². The number of hydrogen-bond acceptors (Lipinski definition) is 6. The third-order valence-electron chi connectivity index (χ3n) is 5.68. The lowest BCUT2D eigenvalue weighted by atomic mass is 10.1. The van der Waals surface area contributed by atoms with Gasteiger partial charge in [0.15, 0.2) is 0 Å². The van der Waals surface area contributed by atoms with Gasteiger partial charge in [-0.15, -0.1) is 11.3 Å². The van der Waals surface area contributed by atoms with Crippen molar-refractivity contribution in [1.29, 1.82) is 0 Å². The number of nitrogens with zero attached hydrogens (tertiary/aromatic N) is 4. The lowest BCUT2D eigenvalue weighted by molar-refractivity contribution is 0.255. The molecule has 0 aromatic carbocycles. The molecular weight excluding hydrogens is 411 g/mol. The maximum absolute atomic E-state index is 14.6. The van der Waals surface area contributed by atoms with Gasteiger partial charge in [-0.25, -0.2) is 9.48 Å². The van der Waals surface area contributed by atoms with Crippen molar-refractivity contribution in [3.8, 4) is 0 Å². The number of piperidine rings is 1. The molecule has 1 aliphatic carbocycles. The molecule has 7 nitrogen and oxygen atoms in total. The number of aromatic nitrogens is 2. The highest BCUT2D eigenvalue weighted by molar-refractivity contribution is 7.99. The molecule has 3 heterocycles. The van der Waals surface area contributed by atoms with Crippen LogP contribution in [0.25, 0.3) is 0 Å². The number of hydrogen-bond donors (Lipinski definition) is 2. The predicted octanol–water partition coefficient (Wildman–Crippen LogP) is 3.70. The molecule has 0 saturated carbocycles. The number of carbonyl (C=O) groups is 1. The first-order chi connectivity index (χ1) is 13.9. The molecule has 29 heavy (non-hydrogen) atoms. The standard InChI is InChI=1S/C19H27FN6OS2/c1-12-17(14-5-4-6-16(14)28-12)22-19(27)23-29-26(13-7-9-24(2)10-8-13)15-11-21-25(3)18(15)20/h11,13H,4-10H2,1-3H3,(H2,22,23,27). The summed E-state index contributed by atoms with van der Waals surface area (Å²) in [4.78, 5) is 17.4. The number of carbonyl (C=O) groups excluding carboxylic acids is 1. The van der Waals surface area contributed by atoms with Gasteiger partial charge in [0, 0.05) is 22.8 Å². The molecule has 1 aliphatic heterocycles. The molecule has 2 amide bonds. The topological polar surface area (TPSA) is 65.4 Å². The Kier molecular flexibility index (Phi) is 6.03. The van der Waals surface area contributed by atoms with E-state index in [9.17, 15) is 9.18 Å². The fraction of sp³-hybridized carbons (Fsp3) is 0.579. The summed E-state index contributed by atoms with van der Waals surface area (Å²) < 4.78 is 20.5. The Bertz CT molecular complexity index is 890. The summed E-state index contributed by atoms with van der Waals surface area (Å²) in [5.41, 5.74) is 2.62. The normalized spacial score (nSPS) is 17.4. The number of nitrogens with one attached hydrogen (secondary N) is 2. The molecule has 2 aromatic rings. The van der Waals surface area contributed by atoms with Crippen molar-refractivity contribution in [3.05, 3.63) is 27.5 Å². The Morgan fingerprint density at radius 2 is 2.10 bits per heavy atom. The summed E-state index contributed by atoms with van der Waals surface area (Å²) >= 11 is 2.91. The Hall–Kier alpha value is -1.78. The Morgan fingerprint density at radius 3 is 2.79 bits per heavy atom. The SMILES string of the molecule is Cc1sc2c(c1NC(=O)NSN(c1cnn(C)c1F)C1CCN(C)CC1)CCC2. The van der Waals surface area contributed by atoms with Gasteiger partial charge in [0.1, 0.15) is 5.69 Å². The third-order valence-corrected chi connectivity index (χ3v) is 7.85. The molecule has 2 N–H and O–H groups in total. The molecule has 10 heteroatoms. The molecule has 1 fully saturated rings. The summed E-state index contributed by atoms with van der Waals surface area (Å²) in [5.74, 6) is -0.398. The fourth-order valence-corrected chi connectivity index (χ4v) is 6.08. The minimum atomic E-state index is -0.398. The number of halogens is 1. The van der Waals surface area contributed by atoms with Crippen molar-refractivity contribution in [3.63, 3.8) is 0 Å². The van der Waals surface area contributed by atoms with Crippen molar-refractivity contribution in [1.82, 2.24) is 19.4 Å². The van der Waals surface area contributed by atoms with E-state index in [1.54, 1.807) is 18.4 Å². The van der Waals surface area contributed by atoms with Gasteiger partial charge in [-0.05, 0) is 64.7 Å². The number of thiophene rings is 1. The van der Waals surface area contributed by atoms with Crippen molar-refractivity contribution >= 4 is 40.9 Å². The van der Waals surface area contributed by atoms with E-state index in [0.29, 0.717) is 5.69 Å². The predicted molar refractivity (Wildman–Crippen MR) is 117 cm³/mol. The van der Waals surface area contributed by atoms with E-state index in [1.165, 1.54) is 21.3 Å². The molecule has 4 rings (SSSR count). The molecule has 1 saturated heterocycles. The first-order valence-corrected chi connectivity index (χ1v) is 11.5. The van der Waals surface area contributed by atoms with Crippen LogP contribution in [0.2, 0.25) is 0 Å². The minimum absolute atomic E-state index is 0.127. The van der Waals surface area contributed by atoms with Gasteiger partial charge in [-0.2, -0.15) is 9.49 Å². The van der Waals surface area contributed by atoms with Crippen LogP contribution in [0, 0.1) is 12.9 Å². The molecule has 158 valence electrons. The van der Waals surface area contributed by atoms with Gasteiger partial charge < -0.3 is 10.2 Å². The van der Waals surface area contributed by atoms with Crippen LogP contribution >= 0.6 is 23.5 Å². The number of amides is 2. The molecule has 0 radical (unpaired) electrons. The Morgan fingerprint density at radius 1 is 1.34 bits per heavy atom. The van der Waals surface area contributed by atoms with Crippen molar-refractivity contribution in [2.75, 3.05) is 29.8 Å². The van der Waals surface area contributed by atoms with Gasteiger partial charge in [-0.1, -0.05) is 0 Å². The molecule has 0 atom stereocenters. The maximum atomic E-state index is 14.6. The van der Waals surface area contributed by atoms with Gasteiger partial charge >= 0.3 is 6.03 Å². The lowest BCUT2D eigenvalue weighted by Crippen LogP contribution is -2.43. The first kappa shape index (κ1) is 20.5. The van der Waals surface area contributed by atoms with E-state index in [0.717, 1.165) is 67.9 Å². The summed E-state index contributed by atoms with van der Waals surface area (Å²) in [6, 6.07) is -0.157. The second-order valence-corrected chi connectivity index (χ2v) is 9.83. The Labute approximate surface area is 178 Å². The number of fused-ring (bicyclic) bond motifs is 1. The average molecular weight is 439 g/mol. The van der Waals surface area contributed by atoms with E-state index in [1.807, 2.05) is 11.2 Å². The van der Waals surface area contributed by atoms with Crippen molar-refractivity contribution in [2.45, 2.75) is 45.1 Å². The average Bonchev–Trinajstić information content (AvgIpc) is 3.36. The maximum Gasteiger partial charge on any atom is 0.330 e. The minimum Gasteiger partial charge on any atom is -0.306 e. The highest BCUT2D eigenvalue weighted by Gasteiger charge is 2.29. The van der Waals surface area contributed by atoms with Crippen LogP contribution in [-0.2, 0) is 19.9 Å². The van der Waals surface area contributed by atoms with Crippen LogP contribution in [-0.4, -0.2) is 46.9 Å². The van der Waals surface area contributed by atoms with Crippen LogP contribution in [0.3, 0.4) is 0 Å². The zero-order chi connectivity index (χ0) is 20.5. The van der Waals surface area contributed by atoms with Crippen LogP contribution in [0.5, 0.6) is 0 Å². The zero-order valence-corrected chi connectivity index (χ0v) is 18.6. The monoisotopic (exact) mass is 438 g/mol. The van der Waals surface area contributed by atoms with E-state index in [2.05, 4.69) is 27.1 Å². The summed E-state index contributed by atoms with van der Waals surface area (Å²) in [7, 11) is 3.67.